The Hall–Kier alpha value is -3.20. The van der Waals surface area contributed by atoms with E-state index in [0.717, 1.165) is 5.56 Å². The van der Waals surface area contributed by atoms with Gasteiger partial charge in [0, 0.05) is 24.0 Å². The molecule has 4 aromatic heterocycles. The topological polar surface area (TPSA) is 97.3 Å². The van der Waals surface area contributed by atoms with Crippen molar-refractivity contribution in [1.82, 2.24) is 25.1 Å². The van der Waals surface area contributed by atoms with Crippen molar-refractivity contribution < 1.29 is 9.21 Å². The van der Waals surface area contributed by atoms with E-state index in [1.165, 1.54) is 6.26 Å². The van der Waals surface area contributed by atoms with Crippen LogP contribution in [0.2, 0.25) is 0 Å². The van der Waals surface area contributed by atoms with Gasteiger partial charge in [0.25, 0.3) is 5.91 Å². The maximum atomic E-state index is 11.8. The molecule has 0 fully saturated rings. The molecule has 0 radical (unpaired) electrons. The van der Waals surface area contributed by atoms with Crippen molar-refractivity contribution >= 4 is 28.7 Å². The summed E-state index contributed by atoms with van der Waals surface area (Å²) in [6.07, 6.45) is 1.47. The van der Waals surface area contributed by atoms with Crippen molar-refractivity contribution in [2.75, 3.05) is 18.4 Å². The van der Waals surface area contributed by atoms with Gasteiger partial charge in [-0.25, -0.2) is 0 Å². The zero-order valence-corrected chi connectivity index (χ0v) is 13.9. The highest BCUT2D eigenvalue weighted by atomic mass is 32.1. The minimum Gasteiger partial charge on any atom is -0.459 e. The number of nitrogens with zero attached hydrogens (tertiary/aromatic N) is 4. The van der Waals surface area contributed by atoms with Crippen molar-refractivity contribution in [2.24, 2.45) is 0 Å². The van der Waals surface area contributed by atoms with E-state index < -0.39 is 0 Å². The summed E-state index contributed by atoms with van der Waals surface area (Å²) in [5.41, 5.74) is 1.66. The minimum absolute atomic E-state index is 0.242. The SMILES string of the molecule is O=C(NCCNc1ccc2nnc(-c3ccsc3)n2n1)c1ccco1. The monoisotopic (exact) mass is 354 g/mol. The molecule has 25 heavy (non-hydrogen) atoms. The van der Waals surface area contributed by atoms with E-state index in [4.69, 9.17) is 4.42 Å². The van der Waals surface area contributed by atoms with Crippen molar-refractivity contribution in [3.05, 3.63) is 53.1 Å². The maximum absolute atomic E-state index is 11.8. The molecule has 9 heteroatoms. The van der Waals surface area contributed by atoms with Crippen LogP contribution in [0.1, 0.15) is 10.6 Å². The number of anilines is 1. The second-order valence-electron chi connectivity index (χ2n) is 5.18. The van der Waals surface area contributed by atoms with Gasteiger partial charge in [-0.2, -0.15) is 15.9 Å². The predicted molar refractivity (Wildman–Crippen MR) is 93.6 cm³/mol. The molecule has 0 aliphatic rings. The molecule has 4 aromatic rings. The van der Waals surface area contributed by atoms with Gasteiger partial charge in [-0.15, -0.1) is 15.3 Å². The van der Waals surface area contributed by atoms with E-state index in [0.29, 0.717) is 36.1 Å². The van der Waals surface area contributed by atoms with E-state index in [2.05, 4.69) is 25.9 Å². The smallest absolute Gasteiger partial charge is 0.287 e. The summed E-state index contributed by atoms with van der Waals surface area (Å²) >= 11 is 1.60. The zero-order chi connectivity index (χ0) is 17.1. The van der Waals surface area contributed by atoms with Crippen LogP contribution in [0.3, 0.4) is 0 Å². The van der Waals surface area contributed by atoms with Crippen molar-refractivity contribution in [3.8, 4) is 11.4 Å². The summed E-state index contributed by atoms with van der Waals surface area (Å²) in [6.45, 7) is 0.972. The second-order valence-corrected chi connectivity index (χ2v) is 5.96. The van der Waals surface area contributed by atoms with E-state index in [-0.39, 0.29) is 5.91 Å². The number of carbonyl (C=O) groups excluding carboxylic acids is 1. The molecule has 0 aliphatic carbocycles. The second kappa shape index (κ2) is 6.73. The van der Waals surface area contributed by atoms with Gasteiger partial charge in [-0.05, 0) is 35.7 Å². The van der Waals surface area contributed by atoms with Gasteiger partial charge >= 0.3 is 0 Å². The van der Waals surface area contributed by atoms with Crippen LogP contribution >= 0.6 is 11.3 Å². The van der Waals surface area contributed by atoms with Gasteiger partial charge in [0.2, 0.25) is 0 Å². The third-order valence-electron chi connectivity index (χ3n) is 3.50. The Bertz CT molecular complexity index is 978. The lowest BCUT2D eigenvalue weighted by molar-refractivity contribution is 0.0927. The fourth-order valence-corrected chi connectivity index (χ4v) is 2.95. The average Bonchev–Trinajstić information content (AvgIpc) is 3.39. The molecule has 0 aromatic carbocycles. The van der Waals surface area contributed by atoms with Gasteiger partial charge in [0.1, 0.15) is 5.82 Å². The molecule has 8 nitrogen and oxygen atoms in total. The van der Waals surface area contributed by atoms with E-state index in [1.54, 1.807) is 28.0 Å². The first-order valence-corrected chi connectivity index (χ1v) is 8.56. The van der Waals surface area contributed by atoms with Crippen LogP contribution in [0.5, 0.6) is 0 Å². The van der Waals surface area contributed by atoms with Crippen molar-refractivity contribution in [3.63, 3.8) is 0 Å². The molecule has 0 saturated carbocycles. The summed E-state index contributed by atoms with van der Waals surface area (Å²) in [5, 5.41) is 22.8. The van der Waals surface area contributed by atoms with Gasteiger partial charge in [0.05, 0.1) is 6.26 Å². The Morgan fingerprint density at radius 3 is 2.96 bits per heavy atom. The fraction of sp³-hybridized carbons (Fsp3) is 0.125. The third kappa shape index (κ3) is 3.22. The van der Waals surface area contributed by atoms with Gasteiger partial charge in [-0.1, -0.05) is 0 Å². The molecular weight excluding hydrogens is 340 g/mol. The number of fused-ring (bicyclic) bond motifs is 1. The predicted octanol–water partition coefficient (Wildman–Crippen LogP) is 2.29. The lowest BCUT2D eigenvalue weighted by Crippen LogP contribution is -2.28. The number of furan rings is 1. The van der Waals surface area contributed by atoms with Gasteiger partial charge < -0.3 is 15.1 Å². The van der Waals surface area contributed by atoms with Crippen LogP contribution in [-0.4, -0.2) is 38.8 Å². The molecule has 126 valence electrons. The summed E-state index contributed by atoms with van der Waals surface area (Å²) in [6, 6.07) is 8.95. The molecule has 0 spiro atoms. The Morgan fingerprint density at radius 1 is 1.20 bits per heavy atom. The van der Waals surface area contributed by atoms with Crippen LogP contribution in [0, 0.1) is 0 Å². The number of aromatic nitrogens is 4. The van der Waals surface area contributed by atoms with Crippen molar-refractivity contribution in [1.29, 1.82) is 0 Å². The number of hydrogen-bond acceptors (Lipinski definition) is 7. The first-order chi connectivity index (χ1) is 12.3. The average molecular weight is 354 g/mol. The standard InChI is InChI=1S/C16H14N6O2S/c23-16(12-2-1-8-24-12)18-7-6-17-13-3-4-14-19-20-15(22(14)21-13)11-5-9-25-10-11/h1-5,8-10H,6-7H2,(H,17,21)(H,18,23). The molecule has 0 atom stereocenters. The van der Waals surface area contributed by atoms with Crippen LogP contribution in [0.4, 0.5) is 5.82 Å². The molecule has 0 bridgehead atoms. The lowest BCUT2D eigenvalue weighted by atomic mass is 10.3. The number of nitrogens with one attached hydrogen (secondary N) is 2. The third-order valence-corrected chi connectivity index (χ3v) is 4.19. The normalized spacial score (nSPS) is 10.9. The number of carbonyl (C=O) groups is 1. The van der Waals surface area contributed by atoms with Crippen molar-refractivity contribution in [2.45, 2.75) is 0 Å². The molecule has 4 rings (SSSR count). The number of hydrogen-bond donors (Lipinski definition) is 2. The highest BCUT2D eigenvalue weighted by Crippen LogP contribution is 2.20. The molecule has 0 unspecified atom stereocenters. The molecule has 2 N–H and O–H groups in total. The first-order valence-electron chi connectivity index (χ1n) is 7.62. The van der Waals surface area contributed by atoms with E-state index in [9.17, 15) is 4.79 Å². The maximum Gasteiger partial charge on any atom is 0.287 e. The highest BCUT2D eigenvalue weighted by Gasteiger charge is 2.10. The van der Waals surface area contributed by atoms with Crippen LogP contribution in [0.25, 0.3) is 17.0 Å². The molecule has 4 heterocycles. The Balaban J connectivity index is 1.40. The number of thiophene rings is 1. The van der Waals surface area contributed by atoms with Crippen LogP contribution in [0.15, 0.2) is 51.8 Å². The van der Waals surface area contributed by atoms with Gasteiger partial charge in [-0.3, -0.25) is 4.79 Å². The minimum atomic E-state index is -0.242. The Kier molecular flexibility index (Phi) is 4.13. The lowest BCUT2D eigenvalue weighted by Gasteiger charge is -2.07. The molecule has 0 aliphatic heterocycles. The zero-order valence-electron chi connectivity index (χ0n) is 13.0. The molecule has 1 amide bonds. The number of rotatable bonds is 6. The largest absolute Gasteiger partial charge is 0.459 e. The Labute approximate surface area is 146 Å². The first kappa shape index (κ1) is 15.3. The summed E-state index contributed by atoms with van der Waals surface area (Å²) < 4.78 is 6.74. The Morgan fingerprint density at radius 2 is 2.16 bits per heavy atom. The molecule has 0 saturated heterocycles. The highest BCUT2D eigenvalue weighted by molar-refractivity contribution is 7.08. The number of amides is 1. The summed E-state index contributed by atoms with van der Waals surface area (Å²) in [4.78, 5) is 11.8. The van der Waals surface area contributed by atoms with E-state index >= 15 is 0 Å². The van der Waals surface area contributed by atoms with Crippen LogP contribution in [-0.2, 0) is 0 Å². The van der Waals surface area contributed by atoms with E-state index in [1.807, 2.05) is 29.0 Å². The quantitative estimate of drug-likeness (QED) is 0.516. The fourth-order valence-electron chi connectivity index (χ4n) is 2.32. The van der Waals surface area contributed by atoms with Crippen LogP contribution < -0.4 is 10.6 Å². The summed E-state index contributed by atoms with van der Waals surface area (Å²) in [5.74, 6) is 1.43. The van der Waals surface area contributed by atoms with Gasteiger partial charge in [0.15, 0.2) is 17.2 Å². The molecular formula is C16H14N6O2S. The summed E-state index contributed by atoms with van der Waals surface area (Å²) in [7, 11) is 0.